The minimum atomic E-state index is 0.116. The van der Waals surface area contributed by atoms with Crippen molar-refractivity contribution in [2.75, 3.05) is 26.7 Å². The van der Waals surface area contributed by atoms with E-state index < -0.39 is 0 Å². The summed E-state index contributed by atoms with van der Waals surface area (Å²) in [5.41, 5.74) is 6.22. The number of rotatable bonds is 2. The zero-order valence-corrected chi connectivity index (χ0v) is 11.2. The van der Waals surface area contributed by atoms with Crippen molar-refractivity contribution in [3.8, 4) is 0 Å². The molecule has 0 spiro atoms. The van der Waals surface area contributed by atoms with Crippen molar-refractivity contribution < 1.29 is 0 Å². The molecule has 0 amide bonds. The monoisotopic (exact) mass is 250 g/mol. The van der Waals surface area contributed by atoms with Gasteiger partial charge in [-0.1, -0.05) is 0 Å². The summed E-state index contributed by atoms with van der Waals surface area (Å²) in [6, 6.07) is 0.605. The fourth-order valence-corrected chi connectivity index (χ4v) is 3.37. The minimum absolute atomic E-state index is 0.116. The van der Waals surface area contributed by atoms with E-state index in [4.69, 9.17) is 5.73 Å². The van der Waals surface area contributed by atoms with E-state index in [1.54, 1.807) is 0 Å². The molecule has 0 saturated carbocycles. The lowest BCUT2D eigenvalue weighted by Gasteiger charge is -2.42. The number of likely N-dealkylation sites (N-methyl/N-ethyl adjacent to an activating group) is 1. The molecule has 0 radical (unpaired) electrons. The molecule has 0 aliphatic carbocycles. The summed E-state index contributed by atoms with van der Waals surface area (Å²) in [6.07, 6.45) is 2.97. The second-order valence-electron chi connectivity index (χ2n) is 5.76. The molecule has 1 aromatic rings. The van der Waals surface area contributed by atoms with Gasteiger partial charge in [0.15, 0.2) is 0 Å². The van der Waals surface area contributed by atoms with Gasteiger partial charge in [-0.2, -0.15) is 0 Å². The SMILES string of the molecule is CC1CC(CN)(N2CCn3cnnc3C2)CN1C. The van der Waals surface area contributed by atoms with Crippen LogP contribution in [0.25, 0.3) is 0 Å². The van der Waals surface area contributed by atoms with Crippen LogP contribution in [-0.4, -0.2) is 62.8 Å². The van der Waals surface area contributed by atoms with Gasteiger partial charge in [0, 0.05) is 37.8 Å². The first-order valence-electron chi connectivity index (χ1n) is 6.67. The molecule has 2 N–H and O–H groups in total. The molecule has 2 aliphatic rings. The summed E-state index contributed by atoms with van der Waals surface area (Å²) in [7, 11) is 2.19. The number of fused-ring (bicyclic) bond motifs is 1. The molecule has 1 saturated heterocycles. The zero-order valence-electron chi connectivity index (χ0n) is 11.2. The fourth-order valence-electron chi connectivity index (χ4n) is 3.37. The summed E-state index contributed by atoms with van der Waals surface area (Å²) in [5, 5.41) is 8.19. The van der Waals surface area contributed by atoms with Crippen LogP contribution in [0.2, 0.25) is 0 Å². The maximum atomic E-state index is 6.11. The van der Waals surface area contributed by atoms with E-state index in [0.29, 0.717) is 6.04 Å². The molecule has 3 heterocycles. The first-order valence-corrected chi connectivity index (χ1v) is 6.67. The van der Waals surface area contributed by atoms with Crippen LogP contribution < -0.4 is 5.73 Å². The van der Waals surface area contributed by atoms with Gasteiger partial charge < -0.3 is 15.2 Å². The van der Waals surface area contributed by atoms with Gasteiger partial charge in [0.1, 0.15) is 12.2 Å². The molecule has 6 nitrogen and oxygen atoms in total. The second-order valence-corrected chi connectivity index (χ2v) is 5.76. The lowest BCUT2D eigenvalue weighted by Crippen LogP contribution is -2.57. The summed E-state index contributed by atoms with van der Waals surface area (Å²) < 4.78 is 2.14. The van der Waals surface area contributed by atoms with E-state index in [1.807, 2.05) is 6.33 Å². The number of hydrogen-bond acceptors (Lipinski definition) is 5. The highest BCUT2D eigenvalue weighted by Gasteiger charge is 2.45. The van der Waals surface area contributed by atoms with E-state index in [-0.39, 0.29) is 5.54 Å². The third-order valence-electron chi connectivity index (χ3n) is 4.66. The summed E-state index contributed by atoms with van der Waals surface area (Å²) in [4.78, 5) is 4.92. The molecule has 1 aromatic heterocycles. The Kier molecular flexibility index (Phi) is 2.88. The van der Waals surface area contributed by atoms with Crippen LogP contribution in [0.15, 0.2) is 6.33 Å². The van der Waals surface area contributed by atoms with Gasteiger partial charge >= 0.3 is 0 Å². The van der Waals surface area contributed by atoms with Crippen molar-refractivity contribution in [2.24, 2.45) is 5.73 Å². The highest BCUT2D eigenvalue weighted by molar-refractivity contribution is 5.05. The van der Waals surface area contributed by atoms with E-state index >= 15 is 0 Å². The molecule has 2 atom stereocenters. The largest absolute Gasteiger partial charge is 0.329 e. The third-order valence-corrected chi connectivity index (χ3v) is 4.66. The lowest BCUT2D eigenvalue weighted by atomic mass is 9.93. The van der Waals surface area contributed by atoms with E-state index in [1.165, 1.54) is 0 Å². The van der Waals surface area contributed by atoms with Crippen molar-refractivity contribution in [3.63, 3.8) is 0 Å². The third kappa shape index (κ3) is 1.75. The first-order chi connectivity index (χ1) is 8.64. The predicted octanol–water partition coefficient (Wildman–Crippen LogP) is -0.485. The minimum Gasteiger partial charge on any atom is -0.329 e. The molecular weight excluding hydrogens is 228 g/mol. The Hall–Kier alpha value is -0.980. The smallest absolute Gasteiger partial charge is 0.147 e. The van der Waals surface area contributed by atoms with Gasteiger partial charge in [-0.05, 0) is 20.4 Å². The number of aromatic nitrogens is 3. The quantitative estimate of drug-likeness (QED) is 0.768. The summed E-state index contributed by atoms with van der Waals surface area (Å²) in [5.74, 6) is 1.07. The molecule has 18 heavy (non-hydrogen) atoms. The second kappa shape index (κ2) is 4.29. The number of nitrogens with two attached hydrogens (primary N) is 1. The number of nitrogens with zero attached hydrogens (tertiary/aromatic N) is 5. The number of likely N-dealkylation sites (tertiary alicyclic amines) is 1. The van der Waals surface area contributed by atoms with Crippen molar-refractivity contribution in [3.05, 3.63) is 12.2 Å². The van der Waals surface area contributed by atoms with Gasteiger partial charge in [0.2, 0.25) is 0 Å². The van der Waals surface area contributed by atoms with Crippen LogP contribution in [0.5, 0.6) is 0 Å². The maximum Gasteiger partial charge on any atom is 0.147 e. The molecule has 2 unspecified atom stereocenters. The van der Waals surface area contributed by atoms with Crippen LogP contribution in [-0.2, 0) is 13.1 Å². The van der Waals surface area contributed by atoms with Gasteiger partial charge in [-0.15, -0.1) is 10.2 Å². The normalized spacial score (nSPS) is 33.8. The van der Waals surface area contributed by atoms with Crippen LogP contribution in [0.1, 0.15) is 19.2 Å². The highest BCUT2D eigenvalue weighted by Crippen LogP contribution is 2.32. The fraction of sp³-hybridized carbons (Fsp3) is 0.833. The molecule has 1 fully saturated rings. The van der Waals surface area contributed by atoms with E-state index in [9.17, 15) is 0 Å². The van der Waals surface area contributed by atoms with Crippen LogP contribution in [0.4, 0.5) is 0 Å². The van der Waals surface area contributed by atoms with Gasteiger partial charge in [0.05, 0.1) is 6.54 Å². The van der Waals surface area contributed by atoms with Crippen molar-refractivity contribution in [1.82, 2.24) is 24.6 Å². The molecule has 6 heteroatoms. The maximum absolute atomic E-state index is 6.11. The summed E-state index contributed by atoms with van der Waals surface area (Å²) in [6.45, 7) is 6.95. The molecular formula is C12H22N6. The Bertz CT molecular complexity index is 418. The van der Waals surface area contributed by atoms with Crippen LogP contribution >= 0.6 is 0 Å². The highest BCUT2D eigenvalue weighted by atomic mass is 15.4. The lowest BCUT2D eigenvalue weighted by molar-refractivity contribution is 0.0704. The molecule has 2 aliphatic heterocycles. The van der Waals surface area contributed by atoms with Crippen LogP contribution in [0.3, 0.4) is 0 Å². The van der Waals surface area contributed by atoms with Gasteiger partial charge in [0.25, 0.3) is 0 Å². The zero-order chi connectivity index (χ0) is 12.8. The van der Waals surface area contributed by atoms with Crippen molar-refractivity contribution >= 4 is 0 Å². The Morgan fingerprint density at radius 1 is 1.50 bits per heavy atom. The molecule has 0 bridgehead atoms. The van der Waals surface area contributed by atoms with Crippen molar-refractivity contribution in [1.29, 1.82) is 0 Å². The Labute approximate surface area is 108 Å². The molecule has 100 valence electrons. The van der Waals surface area contributed by atoms with Crippen LogP contribution in [0, 0.1) is 0 Å². The first kappa shape index (κ1) is 12.1. The standard InChI is InChI=1S/C12H22N6/c1-10-5-12(7-13,8-16(10)2)18-4-3-17-9-14-15-11(17)6-18/h9-10H,3-8,13H2,1-2H3. The van der Waals surface area contributed by atoms with Crippen molar-refractivity contribution in [2.45, 2.75) is 38.0 Å². The predicted molar refractivity (Wildman–Crippen MR) is 68.9 cm³/mol. The Balaban J connectivity index is 1.82. The number of hydrogen-bond donors (Lipinski definition) is 1. The summed E-state index contributed by atoms with van der Waals surface area (Å²) >= 11 is 0. The molecule has 3 rings (SSSR count). The average Bonchev–Trinajstić information content (AvgIpc) is 2.94. The van der Waals surface area contributed by atoms with Gasteiger partial charge in [-0.25, -0.2) is 0 Å². The van der Waals surface area contributed by atoms with E-state index in [0.717, 1.165) is 45.0 Å². The van der Waals surface area contributed by atoms with E-state index in [2.05, 4.69) is 38.5 Å². The Morgan fingerprint density at radius 3 is 3.00 bits per heavy atom. The topological polar surface area (TPSA) is 63.2 Å². The Morgan fingerprint density at radius 2 is 2.33 bits per heavy atom. The average molecular weight is 250 g/mol. The van der Waals surface area contributed by atoms with Gasteiger partial charge in [-0.3, -0.25) is 4.90 Å². The molecule has 0 aromatic carbocycles.